The van der Waals surface area contributed by atoms with E-state index in [9.17, 15) is 9.59 Å². The predicted octanol–water partition coefficient (Wildman–Crippen LogP) is 0.925. The summed E-state index contributed by atoms with van der Waals surface area (Å²) in [6.07, 6.45) is 5.57. The molecule has 18 heavy (non-hydrogen) atoms. The Morgan fingerprint density at radius 2 is 2.39 bits per heavy atom. The number of carbonyl (C=O) groups is 2. The normalized spacial score (nSPS) is 13.9. The van der Waals surface area contributed by atoms with E-state index in [2.05, 4.69) is 14.2 Å². The van der Waals surface area contributed by atoms with Crippen LogP contribution < -0.4 is 0 Å². The van der Waals surface area contributed by atoms with Gasteiger partial charge >= 0.3 is 5.97 Å². The van der Waals surface area contributed by atoms with Crippen LogP contribution in [0.25, 0.3) is 0 Å². The van der Waals surface area contributed by atoms with Gasteiger partial charge in [-0.25, -0.2) is 4.98 Å². The highest BCUT2D eigenvalue weighted by Crippen LogP contribution is 2.20. The number of esters is 1. The number of carbonyl (C=O) groups excluding carboxylic acids is 2. The molecule has 0 radical (unpaired) electrons. The van der Waals surface area contributed by atoms with Gasteiger partial charge in [0.05, 0.1) is 31.6 Å². The van der Waals surface area contributed by atoms with Crippen molar-refractivity contribution in [2.75, 3.05) is 13.3 Å². The average molecular weight is 270 g/mol. The average Bonchev–Trinajstić information content (AvgIpc) is 2.82. The molecule has 0 bridgehead atoms. The number of hydrogen-bond donors (Lipinski definition) is 0. The number of aromatic nitrogens is 2. The molecule has 0 saturated carbocycles. The van der Waals surface area contributed by atoms with Crippen LogP contribution in [0.1, 0.15) is 12.6 Å². The molecule has 0 spiro atoms. The molecule has 100 valence electrons. The molecule has 0 aromatic carbocycles. The highest BCUT2D eigenvalue weighted by atomic mass is 31.0. The summed E-state index contributed by atoms with van der Waals surface area (Å²) in [6, 6.07) is 0. The maximum Gasteiger partial charge on any atom is 0.309 e. The van der Waals surface area contributed by atoms with Crippen molar-refractivity contribution >= 4 is 21.5 Å². The lowest BCUT2D eigenvalue weighted by molar-refractivity contribution is -0.146. The number of nitrogens with zero attached hydrogens (tertiary/aromatic N) is 2. The molecule has 0 amide bonds. The Morgan fingerprint density at radius 3 is 2.94 bits per heavy atom. The van der Waals surface area contributed by atoms with Crippen molar-refractivity contribution in [3.8, 4) is 0 Å². The van der Waals surface area contributed by atoms with Crippen molar-refractivity contribution in [1.82, 2.24) is 9.55 Å². The summed E-state index contributed by atoms with van der Waals surface area (Å²) in [5.74, 6) is -0.208. The third-order valence-electron chi connectivity index (χ3n) is 2.96. The van der Waals surface area contributed by atoms with E-state index >= 15 is 0 Å². The Morgan fingerprint density at radius 1 is 1.67 bits per heavy atom. The molecule has 1 rings (SSSR count). The van der Waals surface area contributed by atoms with Gasteiger partial charge in [-0.2, -0.15) is 0 Å². The molecule has 0 aliphatic carbocycles. The van der Waals surface area contributed by atoms with Crippen LogP contribution in [0.15, 0.2) is 12.5 Å². The van der Waals surface area contributed by atoms with Gasteiger partial charge in [-0.05, 0) is 12.1 Å². The molecule has 0 N–H and O–H groups in total. The van der Waals surface area contributed by atoms with Crippen molar-refractivity contribution in [3.63, 3.8) is 0 Å². The third kappa shape index (κ3) is 3.91. The van der Waals surface area contributed by atoms with Crippen LogP contribution in [0, 0.1) is 11.8 Å². The number of hydrogen-bond acceptors (Lipinski definition) is 4. The number of aldehydes is 1. The summed E-state index contributed by atoms with van der Waals surface area (Å²) in [5.41, 5.74) is 0.803. The summed E-state index contributed by atoms with van der Waals surface area (Å²) in [7, 11) is 4.04. The maximum absolute atomic E-state index is 11.7. The van der Waals surface area contributed by atoms with Gasteiger partial charge < -0.3 is 14.1 Å². The molecule has 5 nitrogen and oxygen atoms in total. The Labute approximate surface area is 109 Å². The molecule has 0 aliphatic heterocycles. The fourth-order valence-corrected chi connectivity index (χ4v) is 2.08. The van der Waals surface area contributed by atoms with E-state index in [1.165, 1.54) is 7.11 Å². The van der Waals surface area contributed by atoms with E-state index < -0.39 is 0 Å². The molecular weight excluding hydrogens is 251 g/mol. The summed E-state index contributed by atoms with van der Waals surface area (Å²) in [4.78, 5) is 26.3. The molecule has 0 fully saturated rings. The number of rotatable bonds is 7. The van der Waals surface area contributed by atoms with Crippen molar-refractivity contribution in [3.05, 3.63) is 18.2 Å². The molecular formula is C12H19N2O3P. The van der Waals surface area contributed by atoms with Crippen LogP contribution in [0.2, 0.25) is 0 Å². The van der Waals surface area contributed by atoms with E-state index in [4.69, 9.17) is 4.74 Å². The fourth-order valence-electron chi connectivity index (χ4n) is 1.76. The summed E-state index contributed by atoms with van der Waals surface area (Å²) >= 11 is 0. The SMILES string of the molecule is COC(=O)C(Cc1cn(CC=O)cn1)C(C)CP. The standard InChI is InChI=1S/C12H19N2O3P/c1-9(7-18)11(12(16)17-2)5-10-6-14(3-4-15)8-13-10/h4,6,8-9,11H,3,5,7,18H2,1-2H3. The van der Waals surface area contributed by atoms with Gasteiger partial charge in [0, 0.05) is 12.6 Å². The largest absolute Gasteiger partial charge is 0.469 e. The first-order valence-electron chi connectivity index (χ1n) is 5.84. The second-order valence-corrected chi connectivity index (χ2v) is 4.75. The number of ether oxygens (including phenoxy) is 1. The van der Waals surface area contributed by atoms with Gasteiger partial charge in [0.1, 0.15) is 6.29 Å². The van der Waals surface area contributed by atoms with Crippen molar-refractivity contribution in [2.24, 2.45) is 11.8 Å². The first kappa shape index (κ1) is 14.8. The minimum atomic E-state index is -0.213. The molecule has 3 unspecified atom stereocenters. The molecule has 0 saturated heterocycles. The van der Waals surface area contributed by atoms with E-state index in [0.717, 1.165) is 18.1 Å². The van der Waals surface area contributed by atoms with Crippen LogP contribution in [0.5, 0.6) is 0 Å². The lowest BCUT2D eigenvalue weighted by atomic mass is 9.91. The molecule has 6 heteroatoms. The number of methoxy groups -OCH3 is 1. The number of imidazole rings is 1. The first-order chi connectivity index (χ1) is 8.62. The van der Waals surface area contributed by atoms with Crippen LogP contribution in [-0.2, 0) is 27.3 Å². The zero-order valence-electron chi connectivity index (χ0n) is 10.7. The lowest BCUT2D eigenvalue weighted by Crippen LogP contribution is -2.26. The van der Waals surface area contributed by atoms with Crippen LogP contribution >= 0.6 is 9.24 Å². The topological polar surface area (TPSA) is 61.2 Å². The second-order valence-electron chi connectivity index (χ2n) is 4.28. The van der Waals surface area contributed by atoms with Gasteiger partial charge in [0.25, 0.3) is 0 Å². The zero-order chi connectivity index (χ0) is 13.5. The fraction of sp³-hybridized carbons (Fsp3) is 0.583. The highest BCUT2D eigenvalue weighted by molar-refractivity contribution is 7.16. The van der Waals surface area contributed by atoms with E-state index in [1.807, 2.05) is 6.92 Å². The predicted molar refractivity (Wildman–Crippen MR) is 71.2 cm³/mol. The Balaban J connectivity index is 2.75. The quantitative estimate of drug-likeness (QED) is 0.420. The zero-order valence-corrected chi connectivity index (χ0v) is 11.9. The lowest BCUT2D eigenvalue weighted by Gasteiger charge is -2.19. The van der Waals surface area contributed by atoms with Crippen molar-refractivity contribution in [2.45, 2.75) is 19.9 Å². The van der Waals surface area contributed by atoms with Gasteiger partial charge in [-0.1, -0.05) is 6.92 Å². The highest BCUT2D eigenvalue weighted by Gasteiger charge is 2.26. The Kier molecular flexibility index (Phi) is 5.99. The Hall–Kier alpha value is -1.22. The third-order valence-corrected chi connectivity index (χ3v) is 3.71. The van der Waals surface area contributed by atoms with Crippen LogP contribution in [-0.4, -0.2) is 35.1 Å². The van der Waals surface area contributed by atoms with E-state index in [1.54, 1.807) is 17.1 Å². The van der Waals surface area contributed by atoms with E-state index in [0.29, 0.717) is 6.42 Å². The summed E-state index contributed by atoms with van der Waals surface area (Å²) < 4.78 is 6.52. The monoisotopic (exact) mass is 270 g/mol. The Bertz CT molecular complexity index is 406. The van der Waals surface area contributed by atoms with Crippen molar-refractivity contribution < 1.29 is 14.3 Å². The van der Waals surface area contributed by atoms with Crippen molar-refractivity contribution in [1.29, 1.82) is 0 Å². The van der Waals surface area contributed by atoms with Gasteiger partial charge in [0.2, 0.25) is 0 Å². The van der Waals surface area contributed by atoms with Crippen LogP contribution in [0.4, 0.5) is 0 Å². The summed E-state index contributed by atoms with van der Waals surface area (Å²) in [5, 5.41) is 0. The summed E-state index contributed by atoms with van der Waals surface area (Å²) in [6.45, 7) is 2.30. The molecule has 1 heterocycles. The second kappa shape index (κ2) is 7.27. The van der Waals surface area contributed by atoms with E-state index in [-0.39, 0.29) is 24.3 Å². The minimum Gasteiger partial charge on any atom is -0.469 e. The molecule has 1 aromatic rings. The van der Waals surface area contributed by atoms with Crippen LogP contribution in [0.3, 0.4) is 0 Å². The molecule has 3 atom stereocenters. The minimum absolute atomic E-state index is 0.202. The van der Waals surface area contributed by atoms with Gasteiger partial charge in [-0.3, -0.25) is 4.79 Å². The first-order valence-corrected chi connectivity index (χ1v) is 6.66. The smallest absolute Gasteiger partial charge is 0.309 e. The van der Waals surface area contributed by atoms with Gasteiger partial charge in [-0.15, -0.1) is 9.24 Å². The molecule has 0 aliphatic rings. The van der Waals surface area contributed by atoms with Gasteiger partial charge in [0.15, 0.2) is 0 Å². The molecule has 1 aromatic heterocycles. The maximum atomic E-state index is 11.7.